The van der Waals surface area contributed by atoms with Crippen molar-refractivity contribution in [2.45, 2.75) is 24.8 Å². The Labute approximate surface area is 85.3 Å². The molecule has 0 saturated heterocycles. The zero-order valence-corrected chi connectivity index (χ0v) is 8.75. The third kappa shape index (κ3) is 5.02. The molecule has 0 aliphatic rings. The standard InChI is InChI=1S/C6H10ClF3O3S/c7-4-2-1-3-5-13-14(11,12)6(8,9)10/h1-5H2. The second-order valence-corrected chi connectivity index (χ2v) is 4.46. The van der Waals surface area contributed by atoms with Gasteiger partial charge in [-0.05, 0) is 19.3 Å². The molecule has 0 amide bonds. The molecule has 86 valence electrons. The van der Waals surface area contributed by atoms with E-state index in [4.69, 9.17) is 11.6 Å². The van der Waals surface area contributed by atoms with Crippen LogP contribution in [0.15, 0.2) is 0 Å². The number of hydrogen-bond donors (Lipinski definition) is 0. The smallest absolute Gasteiger partial charge is 0.263 e. The Morgan fingerprint density at radius 3 is 2.14 bits per heavy atom. The zero-order chi connectivity index (χ0) is 11.2. The maximum atomic E-state index is 11.7. The summed E-state index contributed by atoms with van der Waals surface area (Å²) in [5.74, 6) is 0.395. The van der Waals surface area contributed by atoms with Crippen molar-refractivity contribution in [1.82, 2.24) is 0 Å². The lowest BCUT2D eigenvalue weighted by molar-refractivity contribution is -0.0542. The summed E-state index contributed by atoms with van der Waals surface area (Å²) < 4.78 is 59.4. The van der Waals surface area contributed by atoms with Gasteiger partial charge in [0, 0.05) is 5.88 Å². The molecule has 8 heteroatoms. The summed E-state index contributed by atoms with van der Waals surface area (Å²) in [5.41, 5.74) is -5.33. The van der Waals surface area contributed by atoms with Gasteiger partial charge in [0.1, 0.15) is 0 Å². The third-order valence-electron chi connectivity index (χ3n) is 1.30. The summed E-state index contributed by atoms with van der Waals surface area (Å²) in [6.45, 7) is -0.460. The second kappa shape index (κ2) is 5.77. The van der Waals surface area contributed by atoms with Crippen molar-refractivity contribution in [3.63, 3.8) is 0 Å². The van der Waals surface area contributed by atoms with Crippen LogP contribution in [0, 0.1) is 0 Å². The number of unbranched alkanes of at least 4 members (excludes halogenated alkanes) is 2. The van der Waals surface area contributed by atoms with E-state index in [9.17, 15) is 21.6 Å². The van der Waals surface area contributed by atoms with E-state index < -0.39 is 22.2 Å². The molecule has 0 radical (unpaired) electrons. The second-order valence-electron chi connectivity index (χ2n) is 2.47. The van der Waals surface area contributed by atoms with Gasteiger partial charge >= 0.3 is 15.6 Å². The average molecular weight is 255 g/mol. The molecule has 0 aliphatic carbocycles. The zero-order valence-electron chi connectivity index (χ0n) is 7.18. The van der Waals surface area contributed by atoms with Gasteiger partial charge in [-0.2, -0.15) is 21.6 Å². The Hall–Kier alpha value is -0.0100. The molecule has 0 unspecified atom stereocenters. The van der Waals surface area contributed by atoms with Crippen molar-refractivity contribution in [2.75, 3.05) is 12.5 Å². The maximum absolute atomic E-state index is 11.7. The highest BCUT2D eigenvalue weighted by atomic mass is 35.5. The van der Waals surface area contributed by atoms with E-state index in [-0.39, 0.29) is 6.42 Å². The van der Waals surface area contributed by atoms with E-state index in [2.05, 4.69) is 4.18 Å². The molecule has 0 aromatic heterocycles. The summed E-state index contributed by atoms with van der Waals surface area (Å²) in [4.78, 5) is 0. The van der Waals surface area contributed by atoms with Crippen LogP contribution in [0.1, 0.15) is 19.3 Å². The summed E-state index contributed by atoms with van der Waals surface area (Å²) in [5, 5.41) is 0. The molecular formula is C6H10ClF3O3S. The molecule has 0 aromatic carbocycles. The minimum absolute atomic E-state index is 0.238. The van der Waals surface area contributed by atoms with Crippen LogP contribution in [-0.2, 0) is 14.3 Å². The molecule has 0 saturated carbocycles. The predicted octanol–water partition coefficient (Wildman–Crippen LogP) is 2.26. The molecule has 0 spiro atoms. The van der Waals surface area contributed by atoms with Crippen molar-refractivity contribution in [2.24, 2.45) is 0 Å². The molecule has 0 bridgehead atoms. The van der Waals surface area contributed by atoms with E-state index in [0.717, 1.165) is 0 Å². The summed E-state index contributed by atoms with van der Waals surface area (Å²) in [6.07, 6.45) is 1.40. The molecule has 14 heavy (non-hydrogen) atoms. The van der Waals surface area contributed by atoms with Crippen LogP contribution in [-0.4, -0.2) is 26.4 Å². The predicted molar refractivity (Wildman–Crippen MR) is 45.5 cm³/mol. The van der Waals surface area contributed by atoms with E-state index >= 15 is 0 Å². The normalized spacial score (nSPS) is 13.1. The monoisotopic (exact) mass is 254 g/mol. The fraction of sp³-hybridized carbons (Fsp3) is 1.00. The lowest BCUT2D eigenvalue weighted by Crippen LogP contribution is -2.25. The first-order chi connectivity index (χ1) is 6.31. The van der Waals surface area contributed by atoms with Crippen molar-refractivity contribution >= 4 is 21.7 Å². The van der Waals surface area contributed by atoms with Crippen LogP contribution in [0.2, 0.25) is 0 Å². The molecule has 0 atom stereocenters. The van der Waals surface area contributed by atoms with Crippen molar-refractivity contribution in [1.29, 1.82) is 0 Å². The Kier molecular flexibility index (Phi) is 5.77. The largest absolute Gasteiger partial charge is 0.523 e. The van der Waals surface area contributed by atoms with Gasteiger partial charge < -0.3 is 0 Å². The van der Waals surface area contributed by atoms with Crippen LogP contribution in [0.5, 0.6) is 0 Å². The third-order valence-corrected chi connectivity index (χ3v) is 2.61. The lowest BCUT2D eigenvalue weighted by atomic mass is 10.3. The van der Waals surface area contributed by atoms with Crippen LogP contribution in [0.25, 0.3) is 0 Å². The molecule has 0 aliphatic heterocycles. The molecule has 0 heterocycles. The minimum Gasteiger partial charge on any atom is -0.263 e. The van der Waals surface area contributed by atoms with Crippen molar-refractivity contribution in [3.8, 4) is 0 Å². The molecule has 0 aromatic rings. The average Bonchev–Trinajstić information content (AvgIpc) is 2.02. The molecule has 3 nitrogen and oxygen atoms in total. The number of hydrogen-bond acceptors (Lipinski definition) is 3. The van der Waals surface area contributed by atoms with Crippen molar-refractivity contribution in [3.05, 3.63) is 0 Å². The molecular weight excluding hydrogens is 245 g/mol. The highest BCUT2D eigenvalue weighted by Gasteiger charge is 2.47. The first-order valence-electron chi connectivity index (χ1n) is 3.83. The summed E-state index contributed by atoms with van der Waals surface area (Å²) in [6, 6.07) is 0. The maximum Gasteiger partial charge on any atom is 0.523 e. The van der Waals surface area contributed by atoms with E-state index in [0.29, 0.717) is 18.7 Å². The van der Waals surface area contributed by atoms with Gasteiger partial charge in [-0.15, -0.1) is 11.6 Å². The van der Waals surface area contributed by atoms with Gasteiger partial charge in [-0.25, -0.2) is 0 Å². The SMILES string of the molecule is O=S(=O)(OCCCCCCl)C(F)(F)F. The van der Waals surface area contributed by atoms with Crippen LogP contribution in [0.4, 0.5) is 13.2 Å². The van der Waals surface area contributed by atoms with Gasteiger partial charge in [0.15, 0.2) is 0 Å². The Morgan fingerprint density at radius 2 is 1.71 bits per heavy atom. The Balaban J connectivity index is 3.80. The first kappa shape index (κ1) is 14.0. The van der Waals surface area contributed by atoms with Crippen LogP contribution in [0.3, 0.4) is 0 Å². The van der Waals surface area contributed by atoms with E-state index in [1.807, 2.05) is 0 Å². The molecule has 0 rings (SSSR count). The van der Waals surface area contributed by atoms with Gasteiger partial charge in [0.2, 0.25) is 0 Å². The summed E-state index contributed by atoms with van der Waals surface area (Å²) in [7, 11) is -5.42. The van der Waals surface area contributed by atoms with Gasteiger partial charge in [0.05, 0.1) is 6.61 Å². The topological polar surface area (TPSA) is 43.4 Å². The highest BCUT2D eigenvalue weighted by molar-refractivity contribution is 7.87. The Morgan fingerprint density at radius 1 is 1.14 bits per heavy atom. The molecule has 0 fully saturated rings. The summed E-state index contributed by atoms with van der Waals surface area (Å²) >= 11 is 5.30. The van der Waals surface area contributed by atoms with E-state index in [1.54, 1.807) is 0 Å². The van der Waals surface area contributed by atoms with Gasteiger partial charge in [-0.1, -0.05) is 0 Å². The van der Waals surface area contributed by atoms with Crippen LogP contribution >= 0.6 is 11.6 Å². The fourth-order valence-corrected chi connectivity index (χ4v) is 1.27. The lowest BCUT2D eigenvalue weighted by Gasteiger charge is -2.07. The van der Waals surface area contributed by atoms with Gasteiger partial charge in [0.25, 0.3) is 0 Å². The highest BCUT2D eigenvalue weighted by Crippen LogP contribution is 2.24. The number of halogens is 4. The Bertz CT molecular complexity index is 250. The number of alkyl halides is 4. The van der Waals surface area contributed by atoms with Crippen LogP contribution < -0.4 is 0 Å². The first-order valence-corrected chi connectivity index (χ1v) is 5.77. The molecule has 0 N–H and O–H groups in total. The number of rotatable bonds is 6. The van der Waals surface area contributed by atoms with E-state index in [1.165, 1.54) is 0 Å². The van der Waals surface area contributed by atoms with Gasteiger partial charge in [-0.3, -0.25) is 4.18 Å². The van der Waals surface area contributed by atoms with Crippen molar-refractivity contribution < 1.29 is 25.8 Å². The fourth-order valence-electron chi connectivity index (χ4n) is 0.609. The minimum atomic E-state index is -5.42. The quantitative estimate of drug-likeness (QED) is 0.316.